The van der Waals surface area contributed by atoms with E-state index in [1.54, 1.807) is 0 Å². The van der Waals surface area contributed by atoms with Gasteiger partial charge in [0.25, 0.3) is 0 Å². The average molecular weight is 294 g/mol. The van der Waals surface area contributed by atoms with E-state index in [2.05, 4.69) is 11.9 Å². The minimum Gasteiger partial charge on any atom is -0.480 e. The van der Waals surface area contributed by atoms with E-state index in [1.165, 1.54) is 6.08 Å². The minimum absolute atomic E-state index is 0.0115. The lowest BCUT2D eigenvalue weighted by molar-refractivity contribution is -0.184. The van der Waals surface area contributed by atoms with Crippen molar-refractivity contribution in [1.29, 1.82) is 0 Å². The Bertz CT molecular complexity index is 385. The van der Waals surface area contributed by atoms with Crippen LogP contribution in [-0.2, 0) is 4.79 Å². The molecule has 1 saturated heterocycles. The highest BCUT2D eigenvalue weighted by Gasteiger charge is 2.42. The minimum atomic E-state index is -4.34. The number of urea groups is 1. The Kier molecular flexibility index (Phi) is 5.41. The first-order valence-electron chi connectivity index (χ1n) is 6.21. The van der Waals surface area contributed by atoms with Crippen LogP contribution >= 0.6 is 0 Å². The van der Waals surface area contributed by atoms with Gasteiger partial charge < -0.3 is 15.3 Å². The Morgan fingerprint density at radius 1 is 1.50 bits per heavy atom. The summed E-state index contributed by atoms with van der Waals surface area (Å²) in [5.74, 6) is -2.80. The number of carboxylic acid groups (broad SMARTS) is 1. The summed E-state index contributed by atoms with van der Waals surface area (Å²) in [4.78, 5) is 23.7. The van der Waals surface area contributed by atoms with E-state index in [0.717, 1.165) is 4.90 Å². The summed E-state index contributed by atoms with van der Waals surface area (Å²) in [5, 5.41) is 11.1. The molecule has 0 aromatic rings. The third-order valence-corrected chi connectivity index (χ3v) is 3.17. The molecule has 0 aromatic carbocycles. The van der Waals surface area contributed by atoms with Crippen molar-refractivity contribution in [2.75, 3.05) is 13.1 Å². The normalized spacial score (nSPS) is 21.1. The van der Waals surface area contributed by atoms with Gasteiger partial charge in [-0.25, -0.2) is 9.59 Å². The molecular formula is C12H17F3N2O3. The first-order chi connectivity index (χ1) is 9.25. The Morgan fingerprint density at radius 3 is 2.65 bits per heavy atom. The molecule has 1 fully saturated rings. The number of nitrogens with zero attached hydrogens (tertiary/aromatic N) is 1. The molecule has 5 nitrogen and oxygen atoms in total. The van der Waals surface area contributed by atoms with Crippen LogP contribution in [0.15, 0.2) is 12.7 Å². The third-order valence-electron chi connectivity index (χ3n) is 3.17. The SMILES string of the molecule is C=CCC(NC(=O)N1CCCC(C(F)(F)F)C1)C(=O)O. The number of hydrogen-bond acceptors (Lipinski definition) is 2. The lowest BCUT2D eigenvalue weighted by Gasteiger charge is -2.34. The zero-order valence-corrected chi connectivity index (χ0v) is 10.8. The maximum absolute atomic E-state index is 12.6. The van der Waals surface area contributed by atoms with Gasteiger partial charge in [-0.05, 0) is 19.3 Å². The lowest BCUT2D eigenvalue weighted by atomic mass is 9.98. The predicted molar refractivity (Wildman–Crippen MR) is 65.1 cm³/mol. The standard InChI is InChI=1S/C12H17F3N2O3/c1-2-4-9(10(18)19)16-11(20)17-6-3-5-8(7-17)12(13,14)15/h2,8-9H,1,3-7H2,(H,16,20)(H,18,19). The maximum Gasteiger partial charge on any atom is 0.393 e. The number of carbonyl (C=O) groups excluding carboxylic acids is 1. The van der Waals surface area contributed by atoms with Crippen molar-refractivity contribution in [2.24, 2.45) is 5.92 Å². The average Bonchev–Trinajstić information content (AvgIpc) is 2.37. The fraction of sp³-hybridized carbons (Fsp3) is 0.667. The van der Waals surface area contributed by atoms with Gasteiger partial charge in [-0.3, -0.25) is 0 Å². The molecular weight excluding hydrogens is 277 g/mol. The number of nitrogens with one attached hydrogen (secondary N) is 1. The summed E-state index contributed by atoms with van der Waals surface area (Å²) in [5.41, 5.74) is 0. The van der Waals surface area contributed by atoms with E-state index in [-0.39, 0.29) is 25.8 Å². The predicted octanol–water partition coefficient (Wildman–Crippen LogP) is 2.00. The van der Waals surface area contributed by atoms with E-state index < -0.39 is 36.7 Å². The van der Waals surface area contributed by atoms with Crippen LogP contribution in [-0.4, -0.2) is 47.3 Å². The van der Waals surface area contributed by atoms with Crippen LogP contribution in [0.1, 0.15) is 19.3 Å². The van der Waals surface area contributed by atoms with Crippen molar-refractivity contribution in [1.82, 2.24) is 10.2 Å². The van der Waals surface area contributed by atoms with Gasteiger partial charge in [0.05, 0.1) is 5.92 Å². The van der Waals surface area contributed by atoms with Gasteiger partial charge in [0.1, 0.15) is 6.04 Å². The second-order valence-electron chi connectivity index (χ2n) is 4.69. The van der Waals surface area contributed by atoms with Crippen LogP contribution in [0.25, 0.3) is 0 Å². The smallest absolute Gasteiger partial charge is 0.393 e. The molecule has 2 N–H and O–H groups in total. The van der Waals surface area contributed by atoms with Gasteiger partial charge in [0.15, 0.2) is 0 Å². The van der Waals surface area contributed by atoms with E-state index >= 15 is 0 Å². The van der Waals surface area contributed by atoms with Gasteiger partial charge >= 0.3 is 18.2 Å². The Balaban J connectivity index is 2.62. The zero-order chi connectivity index (χ0) is 15.3. The van der Waals surface area contributed by atoms with Crippen LogP contribution in [0.5, 0.6) is 0 Å². The molecule has 0 aliphatic carbocycles. The molecule has 1 aliphatic heterocycles. The van der Waals surface area contributed by atoms with E-state index in [1.807, 2.05) is 0 Å². The highest BCUT2D eigenvalue weighted by Crippen LogP contribution is 2.33. The Labute approximate surface area is 114 Å². The van der Waals surface area contributed by atoms with Crippen LogP contribution < -0.4 is 5.32 Å². The molecule has 0 spiro atoms. The van der Waals surface area contributed by atoms with E-state index in [4.69, 9.17) is 5.11 Å². The number of carboxylic acids is 1. The van der Waals surface area contributed by atoms with Crippen LogP contribution in [0.2, 0.25) is 0 Å². The number of rotatable bonds is 4. The van der Waals surface area contributed by atoms with Crippen molar-refractivity contribution in [3.8, 4) is 0 Å². The lowest BCUT2D eigenvalue weighted by Crippen LogP contribution is -2.52. The number of hydrogen-bond donors (Lipinski definition) is 2. The van der Waals surface area contributed by atoms with E-state index in [0.29, 0.717) is 0 Å². The summed E-state index contributed by atoms with van der Waals surface area (Å²) in [6.07, 6.45) is -2.77. The van der Waals surface area contributed by atoms with Crippen molar-refractivity contribution < 1.29 is 27.9 Å². The van der Waals surface area contributed by atoms with Crippen molar-refractivity contribution >= 4 is 12.0 Å². The number of amides is 2. The fourth-order valence-electron chi connectivity index (χ4n) is 2.06. The van der Waals surface area contributed by atoms with Crippen LogP contribution in [0, 0.1) is 5.92 Å². The first kappa shape index (κ1) is 16.3. The van der Waals surface area contributed by atoms with Gasteiger partial charge in [0.2, 0.25) is 0 Å². The first-order valence-corrected chi connectivity index (χ1v) is 6.21. The Hall–Kier alpha value is -1.73. The molecule has 1 heterocycles. The van der Waals surface area contributed by atoms with Crippen LogP contribution in [0.4, 0.5) is 18.0 Å². The maximum atomic E-state index is 12.6. The molecule has 8 heteroatoms. The summed E-state index contributed by atoms with van der Waals surface area (Å²) < 4.78 is 37.9. The zero-order valence-electron chi connectivity index (χ0n) is 10.8. The molecule has 2 amide bonds. The number of aliphatic carboxylic acids is 1. The summed E-state index contributed by atoms with van der Waals surface area (Å²) in [6.45, 7) is 3.13. The number of likely N-dealkylation sites (tertiary alicyclic amines) is 1. The molecule has 114 valence electrons. The van der Waals surface area contributed by atoms with Crippen LogP contribution in [0.3, 0.4) is 0 Å². The van der Waals surface area contributed by atoms with Gasteiger partial charge in [-0.15, -0.1) is 6.58 Å². The van der Waals surface area contributed by atoms with Gasteiger partial charge in [-0.2, -0.15) is 13.2 Å². The number of alkyl halides is 3. The highest BCUT2D eigenvalue weighted by molar-refractivity contribution is 5.82. The molecule has 0 aromatic heterocycles. The fourth-order valence-corrected chi connectivity index (χ4v) is 2.06. The monoisotopic (exact) mass is 294 g/mol. The molecule has 1 aliphatic rings. The Morgan fingerprint density at radius 2 is 2.15 bits per heavy atom. The summed E-state index contributed by atoms with van der Waals surface area (Å²) in [7, 11) is 0. The van der Waals surface area contributed by atoms with Crippen molar-refractivity contribution in [2.45, 2.75) is 31.5 Å². The van der Waals surface area contributed by atoms with Crippen molar-refractivity contribution in [3.05, 3.63) is 12.7 Å². The molecule has 0 bridgehead atoms. The largest absolute Gasteiger partial charge is 0.480 e. The van der Waals surface area contributed by atoms with Crippen molar-refractivity contribution in [3.63, 3.8) is 0 Å². The highest BCUT2D eigenvalue weighted by atomic mass is 19.4. The van der Waals surface area contributed by atoms with Gasteiger partial charge in [0, 0.05) is 13.1 Å². The molecule has 1 rings (SSSR count). The third kappa shape index (κ3) is 4.43. The molecule has 0 radical (unpaired) electrons. The number of piperidine rings is 1. The second-order valence-corrected chi connectivity index (χ2v) is 4.69. The molecule has 0 saturated carbocycles. The molecule has 2 unspecified atom stereocenters. The quantitative estimate of drug-likeness (QED) is 0.779. The number of halogens is 3. The second kappa shape index (κ2) is 6.62. The molecule has 2 atom stereocenters. The van der Waals surface area contributed by atoms with E-state index in [9.17, 15) is 22.8 Å². The molecule has 20 heavy (non-hydrogen) atoms. The summed E-state index contributed by atoms with van der Waals surface area (Å²) in [6, 6.07) is -1.96. The number of carbonyl (C=O) groups is 2. The topological polar surface area (TPSA) is 69.6 Å². The van der Waals surface area contributed by atoms with Gasteiger partial charge in [-0.1, -0.05) is 6.08 Å². The summed E-state index contributed by atoms with van der Waals surface area (Å²) >= 11 is 0.